The van der Waals surface area contributed by atoms with E-state index in [9.17, 15) is 14.4 Å². The minimum absolute atomic E-state index is 0.0739. The van der Waals surface area contributed by atoms with E-state index in [2.05, 4.69) is 20.6 Å². The van der Waals surface area contributed by atoms with Crippen LogP contribution in [0, 0.1) is 0 Å². The van der Waals surface area contributed by atoms with Gasteiger partial charge in [0.05, 0.1) is 6.61 Å². The van der Waals surface area contributed by atoms with Crippen LogP contribution in [0.1, 0.15) is 19.8 Å². The van der Waals surface area contributed by atoms with Crippen molar-refractivity contribution >= 4 is 23.9 Å². The minimum atomic E-state index is -0.816. The van der Waals surface area contributed by atoms with E-state index in [0.29, 0.717) is 32.5 Å². The molecule has 1 saturated heterocycles. The van der Waals surface area contributed by atoms with Crippen molar-refractivity contribution in [2.24, 2.45) is 0 Å². The second kappa shape index (κ2) is 8.06. The molecule has 23 heavy (non-hydrogen) atoms. The number of nitrogens with one attached hydrogen (secondary N) is 2. The first-order valence-corrected chi connectivity index (χ1v) is 7.40. The molecule has 3 amide bonds. The van der Waals surface area contributed by atoms with Gasteiger partial charge in [-0.05, 0) is 25.8 Å². The molecular formula is C14H19N5O4. The van der Waals surface area contributed by atoms with Crippen LogP contribution in [0.2, 0.25) is 0 Å². The van der Waals surface area contributed by atoms with Crippen LogP contribution in [0.4, 0.5) is 10.7 Å². The van der Waals surface area contributed by atoms with Gasteiger partial charge >= 0.3 is 17.9 Å². The monoisotopic (exact) mass is 321 g/mol. The molecule has 0 saturated carbocycles. The van der Waals surface area contributed by atoms with Crippen molar-refractivity contribution in [3.8, 4) is 0 Å². The summed E-state index contributed by atoms with van der Waals surface area (Å²) in [5.41, 5.74) is 0. The fourth-order valence-corrected chi connectivity index (χ4v) is 2.19. The highest BCUT2D eigenvalue weighted by molar-refractivity contribution is 6.39. The molecule has 1 aromatic rings. The lowest BCUT2D eigenvalue weighted by Crippen LogP contribution is -2.49. The Morgan fingerprint density at radius 3 is 2.48 bits per heavy atom. The van der Waals surface area contributed by atoms with Crippen LogP contribution in [0.5, 0.6) is 0 Å². The topological polar surface area (TPSA) is 114 Å². The third-order valence-electron chi connectivity index (χ3n) is 3.35. The van der Waals surface area contributed by atoms with E-state index in [1.54, 1.807) is 17.9 Å². The zero-order valence-electron chi connectivity index (χ0n) is 12.8. The third-order valence-corrected chi connectivity index (χ3v) is 3.35. The van der Waals surface area contributed by atoms with Crippen LogP contribution in [0.3, 0.4) is 0 Å². The molecular weight excluding hydrogens is 302 g/mol. The Balaban J connectivity index is 1.76. The highest BCUT2D eigenvalue weighted by atomic mass is 16.6. The molecule has 2 N–H and O–H groups in total. The number of anilines is 1. The Kier molecular flexibility index (Phi) is 5.84. The average molecular weight is 321 g/mol. The summed E-state index contributed by atoms with van der Waals surface area (Å²) in [6.45, 7) is 3.04. The van der Waals surface area contributed by atoms with Crippen molar-refractivity contribution in [2.45, 2.75) is 25.8 Å². The normalized spacial score (nSPS) is 14.9. The number of carbonyl (C=O) groups excluding carboxylic acids is 3. The summed E-state index contributed by atoms with van der Waals surface area (Å²) in [5.74, 6) is -1.49. The molecule has 0 atom stereocenters. The summed E-state index contributed by atoms with van der Waals surface area (Å²) in [5, 5.41) is 4.96. The van der Waals surface area contributed by atoms with E-state index in [1.807, 2.05) is 0 Å². The van der Waals surface area contributed by atoms with Gasteiger partial charge in [0.2, 0.25) is 5.95 Å². The van der Waals surface area contributed by atoms with Crippen molar-refractivity contribution in [3.05, 3.63) is 18.5 Å². The molecule has 1 fully saturated rings. The van der Waals surface area contributed by atoms with E-state index in [4.69, 9.17) is 4.74 Å². The molecule has 2 heterocycles. The van der Waals surface area contributed by atoms with Gasteiger partial charge in [-0.3, -0.25) is 14.9 Å². The largest absolute Gasteiger partial charge is 0.450 e. The SMILES string of the molecule is CCOC(=O)N1CCC(NC(=O)C(=O)Nc2ncccn2)CC1. The number of amides is 3. The molecule has 0 unspecified atom stereocenters. The molecule has 9 nitrogen and oxygen atoms in total. The van der Waals surface area contributed by atoms with Crippen molar-refractivity contribution < 1.29 is 19.1 Å². The lowest BCUT2D eigenvalue weighted by molar-refractivity contribution is -0.136. The van der Waals surface area contributed by atoms with Crippen LogP contribution in [0.15, 0.2) is 18.5 Å². The third kappa shape index (κ3) is 4.90. The lowest BCUT2D eigenvalue weighted by atomic mass is 10.1. The molecule has 2 rings (SSSR count). The quantitative estimate of drug-likeness (QED) is 0.766. The molecule has 0 spiro atoms. The Hall–Kier alpha value is -2.71. The maximum absolute atomic E-state index is 11.8. The minimum Gasteiger partial charge on any atom is -0.450 e. The Morgan fingerprint density at radius 2 is 1.87 bits per heavy atom. The molecule has 0 aliphatic carbocycles. The molecule has 0 bridgehead atoms. The van der Waals surface area contributed by atoms with Crippen LogP contribution in [0.25, 0.3) is 0 Å². The van der Waals surface area contributed by atoms with Crippen molar-refractivity contribution in [1.29, 1.82) is 0 Å². The Bertz CT molecular complexity index is 558. The summed E-state index contributed by atoms with van der Waals surface area (Å²) in [7, 11) is 0. The van der Waals surface area contributed by atoms with Crippen LogP contribution < -0.4 is 10.6 Å². The van der Waals surface area contributed by atoms with Crippen molar-refractivity contribution in [3.63, 3.8) is 0 Å². The predicted molar refractivity (Wildman–Crippen MR) is 80.4 cm³/mol. The van der Waals surface area contributed by atoms with Crippen molar-refractivity contribution in [2.75, 3.05) is 25.0 Å². The van der Waals surface area contributed by atoms with Crippen molar-refractivity contribution in [1.82, 2.24) is 20.2 Å². The van der Waals surface area contributed by atoms with Crippen LogP contribution in [-0.4, -0.2) is 58.5 Å². The fourth-order valence-electron chi connectivity index (χ4n) is 2.19. The second-order valence-corrected chi connectivity index (χ2v) is 4.96. The summed E-state index contributed by atoms with van der Waals surface area (Å²) < 4.78 is 4.92. The standard InChI is InChI=1S/C14H19N5O4/c1-2-23-14(22)19-8-4-10(5-9-19)17-11(20)12(21)18-13-15-6-3-7-16-13/h3,6-7,10H,2,4-5,8-9H2,1H3,(H,17,20)(H,15,16,18,21). The van der Waals surface area contributed by atoms with Gasteiger partial charge in [-0.15, -0.1) is 0 Å². The van der Waals surface area contributed by atoms with Gasteiger partial charge < -0.3 is 15.0 Å². The average Bonchev–Trinajstić information content (AvgIpc) is 2.56. The smallest absolute Gasteiger partial charge is 0.409 e. The molecule has 1 aliphatic heterocycles. The first-order valence-electron chi connectivity index (χ1n) is 7.40. The van der Waals surface area contributed by atoms with E-state index in [0.717, 1.165) is 0 Å². The summed E-state index contributed by atoms with van der Waals surface area (Å²) in [6.07, 6.45) is 3.72. The molecule has 9 heteroatoms. The molecule has 1 aliphatic rings. The second-order valence-electron chi connectivity index (χ2n) is 4.96. The van der Waals surface area contributed by atoms with Gasteiger partial charge in [-0.1, -0.05) is 0 Å². The number of hydrogen-bond acceptors (Lipinski definition) is 6. The Labute approximate surface area is 133 Å². The first kappa shape index (κ1) is 16.7. The lowest BCUT2D eigenvalue weighted by Gasteiger charge is -2.31. The van der Waals surface area contributed by atoms with E-state index in [1.165, 1.54) is 12.4 Å². The van der Waals surface area contributed by atoms with Crippen LogP contribution in [-0.2, 0) is 14.3 Å². The zero-order valence-corrected chi connectivity index (χ0v) is 12.8. The number of aromatic nitrogens is 2. The number of rotatable bonds is 3. The van der Waals surface area contributed by atoms with Gasteiger partial charge in [0.25, 0.3) is 0 Å². The van der Waals surface area contributed by atoms with Gasteiger partial charge in [-0.2, -0.15) is 0 Å². The number of carbonyl (C=O) groups is 3. The molecule has 124 valence electrons. The maximum Gasteiger partial charge on any atom is 0.409 e. The molecule has 0 aromatic carbocycles. The zero-order chi connectivity index (χ0) is 16.7. The van der Waals surface area contributed by atoms with Crippen LogP contribution >= 0.6 is 0 Å². The summed E-state index contributed by atoms with van der Waals surface area (Å²) >= 11 is 0. The van der Waals surface area contributed by atoms with Gasteiger partial charge in [0.1, 0.15) is 0 Å². The van der Waals surface area contributed by atoms with Gasteiger partial charge in [0, 0.05) is 31.5 Å². The van der Waals surface area contributed by atoms with E-state index >= 15 is 0 Å². The first-order chi connectivity index (χ1) is 11.1. The highest BCUT2D eigenvalue weighted by Gasteiger charge is 2.26. The number of hydrogen-bond donors (Lipinski definition) is 2. The molecule has 0 radical (unpaired) electrons. The molecule has 1 aromatic heterocycles. The fraction of sp³-hybridized carbons (Fsp3) is 0.500. The number of piperidine rings is 1. The Morgan fingerprint density at radius 1 is 1.22 bits per heavy atom. The summed E-state index contributed by atoms with van der Waals surface area (Å²) in [6, 6.07) is 1.45. The predicted octanol–water partition coefficient (Wildman–Crippen LogP) is 0.152. The number of nitrogens with zero attached hydrogens (tertiary/aromatic N) is 3. The van der Waals surface area contributed by atoms with Gasteiger partial charge in [0.15, 0.2) is 0 Å². The highest BCUT2D eigenvalue weighted by Crippen LogP contribution is 2.11. The van der Waals surface area contributed by atoms with E-state index < -0.39 is 11.8 Å². The maximum atomic E-state index is 11.8. The number of likely N-dealkylation sites (tertiary alicyclic amines) is 1. The van der Waals surface area contributed by atoms with E-state index in [-0.39, 0.29) is 18.1 Å². The summed E-state index contributed by atoms with van der Waals surface area (Å²) in [4.78, 5) is 44.4. The number of ether oxygens (including phenoxy) is 1. The van der Waals surface area contributed by atoms with Gasteiger partial charge in [-0.25, -0.2) is 14.8 Å².